The minimum absolute atomic E-state index is 0.280. The highest BCUT2D eigenvalue weighted by Crippen LogP contribution is 2.33. The predicted octanol–water partition coefficient (Wildman–Crippen LogP) is 10.4. The molecule has 0 heterocycles. The first kappa shape index (κ1) is 25.8. The molecule has 0 bridgehead atoms. The van der Waals surface area contributed by atoms with Gasteiger partial charge in [0.15, 0.2) is 11.6 Å². The van der Waals surface area contributed by atoms with E-state index in [0.29, 0.717) is 11.1 Å². The SMILES string of the molecule is CCCCCCCCc1ccc(-c2ccc(-c3ccc(-c4ccc(CC)cc4)c(F)c3F)cc2)cc1. The van der Waals surface area contributed by atoms with Crippen LogP contribution in [0.3, 0.4) is 0 Å². The van der Waals surface area contributed by atoms with E-state index < -0.39 is 11.6 Å². The standard InChI is InChI=1S/C34H36F2/c1-3-5-6-7-8-9-10-26-13-15-27(16-14-26)28-19-21-30(22-20-28)32-24-23-31(33(35)34(32)36)29-17-11-25(4-2)12-18-29/h11-24H,3-10H2,1-2H3. The van der Waals surface area contributed by atoms with Crippen molar-refractivity contribution in [2.24, 2.45) is 0 Å². The largest absolute Gasteiger partial charge is 0.203 e. The molecular weight excluding hydrogens is 446 g/mol. The van der Waals surface area contributed by atoms with Gasteiger partial charge >= 0.3 is 0 Å². The predicted molar refractivity (Wildman–Crippen MR) is 149 cm³/mol. The van der Waals surface area contributed by atoms with Gasteiger partial charge in [-0.2, -0.15) is 0 Å². The van der Waals surface area contributed by atoms with Gasteiger partial charge in [-0.05, 0) is 52.6 Å². The summed E-state index contributed by atoms with van der Waals surface area (Å²) in [5.74, 6) is -1.61. The maximum atomic E-state index is 15.1. The van der Waals surface area contributed by atoms with E-state index in [1.54, 1.807) is 12.1 Å². The van der Waals surface area contributed by atoms with E-state index in [1.165, 1.54) is 49.7 Å². The lowest BCUT2D eigenvalue weighted by Crippen LogP contribution is -1.94. The van der Waals surface area contributed by atoms with Gasteiger partial charge in [0, 0.05) is 11.1 Å². The molecule has 4 aromatic carbocycles. The molecule has 0 aromatic heterocycles. The Hall–Kier alpha value is -3.26. The Morgan fingerprint density at radius 3 is 1.39 bits per heavy atom. The van der Waals surface area contributed by atoms with Crippen LogP contribution in [0.1, 0.15) is 63.5 Å². The van der Waals surface area contributed by atoms with Gasteiger partial charge in [-0.15, -0.1) is 0 Å². The first-order valence-electron chi connectivity index (χ1n) is 13.4. The molecule has 2 heteroatoms. The van der Waals surface area contributed by atoms with E-state index in [2.05, 4.69) is 38.1 Å². The van der Waals surface area contributed by atoms with E-state index in [1.807, 2.05) is 48.5 Å². The smallest absolute Gasteiger partial charge is 0.167 e. The fourth-order valence-electron chi connectivity index (χ4n) is 4.73. The maximum Gasteiger partial charge on any atom is 0.167 e. The van der Waals surface area contributed by atoms with Gasteiger partial charge in [-0.25, -0.2) is 8.78 Å². The highest BCUT2D eigenvalue weighted by Gasteiger charge is 2.16. The zero-order chi connectivity index (χ0) is 25.3. The van der Waals surface area contributed by atoms with Gasteiger partial charge in [0.25, 0.3) is 0 Å². The highest BCUT2D eigenvalue weighted by molar-refractivity contribution is 5.74. The molecular formula is C34H36F2. The Kier molecular flexibility index (Phi) is 9.06. The van der Waals surface area contributed by atoms with E-state index in [0.717, 1.165) is 24.0 Å². The molecule has 4 aromatic rings. The molecule has 36 heavy (non-hydrogen) atoms. The Morgan fingerprint density at radius 1 is 0.444 bits per heavy atom. The van der Waals surface area contributed by atoms with Crippen LogP contribution < -0.4 is 0 Å². The van der Waals surface area contributed by atoms with Crippen LogP contribution in [0.2, 0.25) is 0 Å². The molecule has 0 atom stereocenters. The Labute approximate surface area is 215 Å². The number of hydrogen-bond acceptors (Lipinski definition) is 0. The minimum Gasteiger partial charge on any atom is -0.203 e. The summed E-state index contributed by atoms with van der Waals surface area (Å²) >= 11 is 0. The summed E-state index contributed by atoms with van der Waals surface area (Å²) < 4.78 is 30.0. The fraction of sp³-hybridized carbons (Fsp3) is 0.294. The van der Waals surface area contributed by atoms with Crippen LogP contribution in [0.15, 0.2) is 84.9 Å². The second-order valence-corrected chi connectivity index (χ2v) is 9.63. The van der Waals surface area contributed by atoms with Gasteiger partial charge in [-0.1, -0.05) is 131 Å². The highest BCUT2D eigenvalue weighted by atomic mass is 19.2. The van der Waals surface area contributed by atoms with Crippen LogP contribution in [0.4, 0.5) is 8.78 Å². The Balaban J connectivity index is 1.43. The first-order valence-corrected chi connectivity index (χ1v) is 13.4. The number of benzene rings is 4. The molecule has 0 fully saturated rings. The third-order valence-corrected chi connectivity index (χ3v) is 7.06. The lowest BCUT2D eigenvalue weighted by Gasteiger charge is -2.11. The average Bonchev–Trinajstić information content (AvgIpc) is 2.93. The normalized spacial score (nSPS) is 11.1. The topological polar surface area (TPSA) is 0 Å². The van der Waals surface area contributed by atoms with E-state index in [9.17, 15) is 4.39 Å². The third kappa shape index (κ3) is 6.29. The van der Waals surface area contributed by atoms with Crippen molar-refractivity contribution in [3.05, 3.63) is 108 Å². The Bertz CT molecular complexity index is 1240. The molecule has 0 amide bonds. The molecule has 186 valence electrons. The van der Waals surface area contributed by atoms with Crippen molar-refractivity contribution < 1.29 is 8.78 Å². The summed E-state index contributed by atoms with van der Waals surface area (Å²) in [6, 6.07) is 27.4. The van der Waals surface area contributed by atoms with Crippen molar-refractivity contribution in [3.8, 4) is 33.4 Å². The van der Waals surface area contributed by atoms with Crippen molar-refractivity contribution in [2.75, 3.05) is 0 Å². The summed E-state index contributed by atoms with van der Waals surface area (Å²) in [6.07, 6.45) is 9.87. The van der Waals surface area contributed by atoms with Crippen molar-refractivity contribution in [1.29, 1.82) is 0 Å². The number of rotatable bonds is 11. The molecule has 0 radical (unpaired) electrons. The molecule has 0 aliphatic rings. The molecule has 0 saturated heterocycles. The lowest BCUT2D eigenvalue weighted by molar-refractivity contribution is 0.514. The first-order chi connectivity index (χ1) is 17.6. The van der Waals surface area contributed by atoms with E-state index in [-0.39, 0.29) is 11.1 Å². The summed E-state index contributed by atoms with van der Waals surface area (Å²) in [5.41, 5.74) is 6.66. The second kappa shape index (κ2) is 12.6. The third-order valence-electron chi connectivity index (χ3n) is 7.06. The zero-order valence-corrected chi connectivity index (χ0v) is 21.5. The van der Waals surface area contributed by atoms with Crippen LogP contribution in [0, 0.1) is 11.6 Å². The monoisotopic (exact) mass is 482 g/mol. The van der Waals surface area contributed by atoms with E-state index in [4.69, 9.17) is 0 Å². The van der Waals surface area contributed by atoms with Gasteiger partial charge < -0.3 is 0 Å². The van der Waals surface area contributed by atoms with Gasteiger partial charge in [0.05, 0.1) is 0 Å². The van der Waals surface area contributed by atoms with Crippen molar-refractivity contribution in [3.63, 3.8) is 0 Å². The molecule has 4 rings (SSSR count). The maximum absolute atomic E-state index is 15.1. The molecule has 0 nitrogen and oxygen atoms in total. The van der Waals surface area contributed by atoms with Crippen LogP contribution in [-0.2, 0) is 12.8 Å². The van der Waals surface area contributed by atoms with E-state index >= 15 is 4.39 Å². The fourth-order valence-corrected chi connectivity index (χ4v) is 4.73. The number of halogens is 2. The summed E-state index contributed by atoms with van der Waals surface area (Å²) in [6.45, 7) is 4.32. The summed E-state index contributed by atoms with van der Waals surface area (Å²) in [7, 11) is 0. The molecule has 0 aliphatic carbocycles. The van der Waals surface area contributed by atoms with Crippen LogP contribution >= 0.6 is 0 Å². The quantitative estimate of drug-likeness (QED) is 0.187. The van der Waals surface area contributed by atoms with Gasteiger partial charge in [-0.3, -0.25) is 0 Å². The molecule has 0 N–H and O–H groups in total. The second-order valence-electron chi connectivity index (χ2n) is 9.63. The van der Waals surface area contributed by atoms with Crippen molar-refractivity contribution in [1.82, 2.24) is 0 Å². The zero-order valence-electron chi connectivity index (χ0n) is 21.5. The van der Waals surface area contributed by atoms with Crippen LogP contribution in [0.25, 0.3) is 33.4 Å². The van der Waals surface area contributed by atoms with Gasteiger partial charge in [0.1, 0.15) is 0 Å². The Morgan fingerprint density at radius 2 is 0.861 bits per heavy atom. The lowest BCUT2D eigenvalue weighted by atomic mass is 9.96. The average molecular weight is 483 g/mol. The minimum atomic E-state index is -0.807. The molecule has 0 saturated carbocycles. The summed E-state index contributed by atoms with van der Waals surface area (Å²) in [4.78, 5) is 0. The number of hydrogen-bond donors (Lipinski definition) is 0. The van der Waals surface area contributed by atoms with Crippen LogP contribution in [0.5, 0.6) is 0 Å². The van der Waals surface area contributed by atoms with Crippen LogP contribution in [-0.4, -0.2) is 0 Å². The number of unbranched alkanes of at least 4 members (excludes halogenated alkanes) is 5. The van der Waals surface area contributed by atoms with Crippen molar-refractivity contribution in [2.45, 2.75) is 65.2 Å². The molecule has 0 spiro atoms. The van der Waals surface area contributed by atoms with Gasteiger partial charge in [0.2, 0.25) is 0 Å². The molecule has 0 aliphatic heterocycles. The summed E-state index contributed by atoms with van der Waals surface area (Å²) in [5, 5.41) is 0. The number of aryl methyl sites for hydroxylation is 2. The van der Waals surface area contributed by atoms with Crippen molar-refractivity contribution >= 4 is 0 Å². The molecule has 0 unspecified atom stereocenters.